The molecule has 0 aromatic heterocycles. The third-order valence-corrected chi connectivity index (χ3v) is 2.83. The highest BCUT2D eigenvalue weighted by atomic mass is 16.6. The minimum Gasteiger partial charge on any atom is -0.466 e. The Kier molecular flexibility index (Phi) is 14.1. The van der Waals surface area contributed by atoms with Crippen LogP contribution in [0.15, 0.2) is 0 Å². The summed E-state index contributed by atoms with van der Waals surface area (Å²) in [7, 11) is 0. The first-order valence-corrected chi connectivity index (χ1v) is 7.97. The van der Waals surface area contributed by atoms with E-state index in [1.807, 2.05) is 0 Å². The molecule has 0 unspecified atom stereocenters. The second kappa shape index (κ2) is 15.2. The normalized spacial score (nSPS) is 10.2. The van der Waals surface area contributed by atoms with Crippen LogP contribution in [-0.2, 0) is 28.6 Å². The summed E-state index contributed by atoms with van der Waals surface area (Å²) >= 11 is 0. The van der Waals surface area contributed by atoms with Crippen LogP contribution in [0.5, 0.6) is 0 Å². The van der Waals surface area contributed by atoms with Crippen LogP contribution in [0, 0.1) is 0 Å². The Hall–Kier alpha value is -1.67. The van der Waals surface area contributed by atoms with Gasteiger partial charge < -0.3 is 25.7 Å². The van der Waals surface area contributed by atoms with Gasteiger partial charge >= 0.3 is 17.9 Å². The van der Waals surface area contributed by atoms with Crippen LogP contribution < -0.4 is 11.5 Å². The zero-order chi connectivity index (χ0) is 17.3. The number of rotatable bonds is 14. The Morgan fingerprint density at radius 2 is 0.957 bits per heavy atom. The summed E-state index contributed by atoms with van der Waals surface area (Å²) in [6.45, 7) is 1.69. The van der Waals surface area contributed by atoms with Crippen LogP contribution in [-0.4, -0.2) is 50.8 Å². The van der Waals surface area contributed by atoms with Crippen LogP contribution in [0.4, 0.5) is 0 Å². The molecule has 0 aromatic rings. The molecule has 0 aliphatic carbocycles. The first-order chi connectivity index (χ1) is 11.1. The number of carbonyl (C=O) groups excluding carboxylic acids is 3. The molecule has 0 spiro atoms. The summed E-state index contributed by atoms with van der Waals surface area (Å²) in [4.78, 5) is 34.0. The molecule has 0 aromatic carbocycles. The number of nitrogens with two attached hydrogens (primary N) is 2. The van der Waals surface area contributed by atoms with Gasteiger partial charge in [-0.2, -0.15) is 0 Å². The minimum absolute atomic E-state index is 0.00208. The summed E-state index contributed by atoms with van der Waals surface area (Å²) in [5.74, 6) is -1.41. The largest absolute Gasteiger partial charge is 0.466 e. The molecule has 0 saturated heterocycles. The van der Waals surface area contributed by atoms with Crippen LogP contribution >= 0.6 is 0 Å². The number of hydrogen-bond donors (Lipinski definition) is 2. The van der Waals surface area contributed by atoms with Gasteiger partial charge in [0.2, 0.25) is 0 Å². The number of unbranched alkanes of at least 4 members (excludes halogenated alkanes) is 2. The molecule has 0 aliphatic rings. The van der Waals surface area contributed by atoms with E-state index < -0.39 is 17.9 Å². The number of esters is 3. The molecule has 8 nitrogen and oxygen atoms in total. The van der Waals surface area contributed by atoms with E-state index >= 15 is 0 Å². The first-order valence-electron chi connectivity index (χ1n) is 7.97. The average molecular weight is 332 g/mol. The molecule has 0 amide bonds. The van der Waals surface area contributed by atoms with Gasteiger partial charge in [0, 0.05) is 0 Å². The van der Waals surface area contributed by atoms with Crippen molar-refractivity contribution in [1.82, 2.24) is 0 Å². The fourth-order valence-corrected chi connectivity index (χ4v) is 1.53. The molecule has 0 saturated carbocycles. The van der Waals surface area contributed by atoms with Crippen molar-refractivity contribution in [2.75, 3.05) is 32.9 Å². The highest BCUT2D eigenvalue weighted by Crippen LogP contribution is 1.99. The predicted molar refractivity (Wildman–Crippen MR) is 83.3 cm³/mol. The van der Waals surface area contributed by atoms with Crippen molar-refractivity contribution < 1.29 is 28.6 Å². The fourth-order valence-electron chi connectivity index (χ4n) is 1.53. The molecule has 134 valence electrons. The summed E-state index contributed by atoms with van der Waals surface area (Å²) < 4.78 is 14.7. The van der Waals surface area contributed by atoms with E-state index in [4.69, 9.17) is 25.7 Å². The van der Waals surface area contributed by atoms with E-state index in [2.05, 4.69) is 0 Å². The van der Waals surface area contributed by atoms with Crippen molar-refractivity contribution in [3.8, 4) is 0 Å². The van der Waals surface area contributed by atoms with Crippen LogP contribution in [0.1, 0.15) is 44.9 Å². The van der Waals surface area contributed by atoms with Gasteiger partial charge in [0.25, 0.3) is 0 Å². The number of hydrogen-bond acceptors (Lipinski definition) is 8. The summed E-state index contributed by atoms with van der Waals surface area (Å²) in [6.07, 6.45) is 2.90. The van der Waals surface area contributed by atoms with E-state index in [-0.39, 0.29) is 25.9 Å². The Morgan fingerprint density at radius 1 is 0.565 bits per heavy atom. The molecule has 0 atom stereocenters. The van der Waals surface area contributed by atoms with E-state index in [1.54, 1.807) is 0 Å². The Balaban J connectivity index is 3.52. The molecule has 4 N–H and O–H groups in total. The SMILES string of the molecule is NCCCCOC(=O)CCOC(=O)CCC(=O)OCCCCN. The van der Waals surface area contributed by atoms with Crippen molar-refractivity contribution in [2.45, 2.75) is 44.9 Å². The molecule has 8 heteroatoms. The van der Waals surface area contributed by atoms with Gasteiger partial charge in [0.1, 0.15) is 6.61 Å². The lowest BCUT2D eigenvalue weighted by Crippen LogP contribution is -2.14. The third kappa shape index (κ3) is 15.0. The third-order valence-electron chi connectivity index (χ3n) is 2.83. The number of ether oxygens (including phenoxy) is 3. The van der Waals surface area contributed by atoms with Gasteiger partial charge in [-0.05, 0) is 38.8 Å². The number of carbonyl (C=O) groups is 3. The highest BCUT2D eigenvalue weighted by molar-refractivity contribution is 5.77. The second-order valence-corrected chi connectivity index (χ2v) is 4.90. The maximum Gasteiger partial charge on any atom is 0.309 e. The van der Waals surface area contributed by atoms with Crippen LogP contribution in [0.3, 0.4) is 0 Å². The zero-order valence-corrected chi connectivity index (χ0v) is 13.6. The summed E-state index contributed by atoms with van der Waals surface area (Å²) in [6, 6.07) is 0. The van der Waals surface area contributed by atoms with Crippen LogP contribution in [0.25, 0.3) is 0 Å². The van der Waals surface area contributed by atoms with Crippen molar-refractivity contribution in [2.24, 2.45) is 11.5 Å². The topological polar surface area (TPSA) is 131 Å². The molecule has 0 rings (SSSR count). The lowest BCUT2D eigenvalue weighted by molar-refractivity contribution is -0.153. The smallest absolute Gasteiger partial charge is 0.309 e. The maximum absolute atomic E-state index is 11.4. The molecular formula is C15H28N2O6. The predicted octanol–water partition coefficient (Wildman–Crippen LogP) is 0.264. The minimum atomic E-state index is -0.542. The monoisotopic (exact) mass is 332 g/mol. The molecule has 23 heavy (non-hydrogen) atoms. The standard InChI is InChI=1S/C15H28N2O6/c16-8-1-3-10-21-13(18)5-6-14(19)23-12-7-15(20)22-11-4-2-9-17/h1-12,16-17H2. The van der Waals surface area contributed by atoms with E-state index in [9.17, 15) is 14.4 Å². The molecule has 0 radical (unpaired) electrons. The average Bonchev–Trinajstić information content (AvgIpc) is 2.54. The highest BCUT2D eigenvalue weighted by Gasteiger charge is 2.10. The fraction of sp³-hybridized carbons (Fsp3) is 0.800. The maximum atomic E-state index is 11.4. The summed E-state index contributed by atoms with van der Waals surface area (Å²) in [5, 5.41) is 0. The molecule has 0 bridgehead atoms. The Bertz CT molecular complexity index is 349. The van der Waals surface area contributed by atoms with Crippen LogP contribution in [0.2, 0.25) is 0 Å². The summed E-state index contributed by atoms with van der Waals surface area (Å²) in [5.41, 5.74) is 10.6. The van der Waals surface area contributed by atoms with Crippen molar-refractivity contribution in [3.05, 3.63) is 0 Å². The molecule has 0 fully saturated rings. The van der Waals surface area contributed by atoms with Gasteiger partial charge in [0.05, 0.1) is 32.5 Å². The van der Waals surface area contributed by atoms with Gasteiger partial charge in [-0.25, -0.2) is 0 Å². The Morgan fingerprint density at radius 3 is 1.39 bits per heavy atom. The van der Waals surface area contributed by atoms with Gasteiger partial charge in [-0.1, -0.05) is 0 Å². The zero-order valence-electron chi connectivity index (χ0n) is 13.6. The Labute approximate surface area is 136 Å². The van der Waals surface area contributed by atoms with E-state index in [0.29, 0.717) is 32.7 Å². The van der Waals surface area contributed by atoms with Gasteiger partial charge in [0.15, 0.2) is 0 Å². The molecular weight excluding hydrogens is 304 g/mol. The molecule has 0 heterocycles. The van der Waals surface area contributed by atoms with Crippen molar-refractivity contribution in [3.63, 3.8) is 0 Å². The van der Waals surface area contributed by atoms with Gasteiger partial charge in [-0.3, -0.25) is 14.4 Å². The van der Waals surface area contributed by atoms with Crippen molar-refractivity contribution >= 4 is 17.9 Å². The molecule has 0 aliphatic heterocycles. The lowest BCUT2D eigenvalue weighted by Gasteiger charge is -2.06. The first kappa shape index (κ1) is 21.3. The van der Waals surface area contributed by atoms with Crippen molar-refractivity contribution in [1.29, 1.82) is 0 Å². The quantitative estimate of drug-likeness (QED) is 0.263. The second-order valence-electron chi connectivity index (χ2n) is 4.90. The van der Waals surface area contributed by atoms with E-state index in [0.717, 1.165) is 19.3 Å². The lowest BCUT2D eigenvalue weighted by atomic mass is 10.3. The van der Waals surface area contributed by atoms with Gasteiger partial charge in [-0.15, -0.1) is 0 Å². The van der Waals surface area contributed by atoms with E-state index in [1.165, 1.54) is 0 Å².